The first-order chi connectivity index (χ1) is 11.6. The van der Waals surface area contributed by atoms with Crippen molar-refractivity contribution < 1.29 is 13.2 Å². The van der Waals surface area contributed by atoms with E-state index >= 15 is 0 Å². The molecule has 0 saturated heterocycles. The summed E-state index contributed by atoms with van der Waals surface area (Å²) in [6, 6.07) is 11.8. The van der Waals surface area contributed by atoms with E-state index in [0.717, 1.165) is 5.56 Å². The van der Waals surface area contributed by atoms with Crippen molar-refractivity contribution in [3.63, 3.8) is 0 Å². The number of sulfonamides is 1. The Labute approximate surface area is 152 Å². The van der Waals surface area contributed by atoms with Crippen molar-refractivity contribution in [3.05, 3.63) is 53.1 Å². The number of carbonyl (C=O) groups is 1. The van der Waals surface area contributed by atoms with Gasteiger partial charge in [-0.25, -0.2) is 8.42 Å². The molecule has 1 heterocycles. The zero-order valence-corrected chi connectivity index (χ0v) is 15.8. The zero-order valence-electron chi connectivity index (χ0n) is 14.2. The number of rotatable bonds is 3. The zero-order chi connectivity index (χ0) is 18.4. The highest BCUT2D eigenvalue weighted by molar-refractivity contribution is 7.93. The van der Waals surface area contributed by atoms with Crippen molar-refractivity contribution in [2.45, 2.75) is 37.6 Å². The van der Waals surface area contributed by atoms with Gasteiger partial charge in [-0.3, -0.25) is 9.10 Å². The van der Waals surface area contributed by atoms with Gasteiger partial charge in [0.2, 0.25) is 5.91 Å². The SMILES string of the molecule is CC(=O)Nc1ccc(S(=O)(=O)N2c3ccccc3CC2(C)C)cc1Cl. The first kappa shape index (κ1) is 17.8. The number of carbonyl (C=O) groups excluding carboxylic acids is 1. The second kappa shape index (κ2) is 6.04. The molecule has 7 heteroatoms. The molecule has 0 spiro atoms. The third-order valence-corrected chi connectivity index (χ3v) is 6.51. The molecular formula is C18H19ClN2O3S. The van der Waals surface area contributed by atoms with Crippen LogP contribution in [0.15, 0.2) is 47.4 Å². The van der Waals surface area contributed by atoms with Crippen LogP contribution in [-0.4, -0.2) is 19.9 Å². The van der Waals surface area contributed by atoms with Crippen LogP contribution in [0, 0.1) is 0 Å². The molecule has 0 radical (unpaired) electrons. The van der Waals surface area contributed by atoms with Gasteiger partial charge in [-0.05, 0) is 50.1 Å². The average Bonchev–Trinajstić information content (AvgIpc) is 2.78. The predicted octanol–water partition coefficient (Wildman–Crippen LogP) is 3.83. The number of hydrogen-bond acceptors (Lipinski definition) is 3. The molecule has 1 aliphatic heterocycles. The van der Waals surface area contributed by atoms with E-state index in [0.29, 0.717) is 17.8 Å². The number of fused-ring (bicyclic) bond motifs is 1. The Hall–Kier alpha value is -2.05. The minimum absolute atomic E-state index is 0.0939. The summed E-state index contributed by atoms with van der Waals surface area (Å²) >= 11 is 6.16. The summed E-state index contributed by atoms with van der Waals surface area (Å²) in [5.41, 5.74) is 1.49. The van der Waals surface area contributed by atoms with Gasteiger partial charge in [0.15, 0.2) is 0 Å². The molecule has 0 bridgehead atoms. The van der Waals surface area contributed by atoms with E-state index in [-0.39, 0.29) is 15.8 Å². The summed E-state index contributed by atoms with van der Waals surface area (Å²) in [7, 11) is -3.79. The quantitative estimate of drug-likeness (QED) is 0.882. The summed E-state index contributed by atoms with van der Waals surface area (Å²) < 4.78 is 28.0. The molecule has 0 fully saturated rings. The number of nitrogens with zero attached hydrogens (tertiary/aromatic N) is 1. The number of anilines is 2. The fourth-order valence-corrected chi connectivity index (χ4v) is 5.39. The minimum Gasteiger partial charge on any atom is -0.325 e. The summed E-state index contributed by atoms with van der Waals surface area (Å²) in [5.74, 6) is -0.271. The van der Waals surface area contributed by atoms with Gasteiger partial charge in [-0.15, -0.1) is 0 Å². The van der Waals surface area contributed by atoms with Gasteiger partial charge in [0, 0.05) is 6.92 Å². The molecule has 1 aliphatic rings. The Morgan fingerprint density at radius 3 is 2.52 bits per heavy atom. The van der Waals surface area contributed by atoms with Crippen LogP contribution in [0.3, 0.4) is 0 Å². The van der Waals surface area contributed by atoms with Gasteiger partial charge in [0.05, 0.1) is 26.8 Å². The van der Waals surface area contributed by atoms with Gasteiger partial charge in [0.1, 0.15) is 0 Å². The largest absolute Gasteiger partial charge is 0.325 e. The normalized spacial score (nSPS) is 15.8. The molecule has 1 amide bonds. The summed E-state index contributed by atoms with van der Waals surface area (Å²) in [4.78, 5) is 11.3. The van der Waals surface area contributed by atoms with Crippen molar-refractivity contribution in [2.75, 3.05) is 9.62 Å². The number of nitrogens with one attached hydrogen (secondary N) is 1. The van der Waals surface area contributed by atoms with Gasteiger partial charge < -0.3 is 5.32 Å². The lowest BCUT2D eigenvalue weighted by atomic mass is 10.0. The summed E-state index contributed by atoms with van der Waals surface area (Å²) in [6.45, 7) is 5.17. The fraction of sp³-hybridized carbons (Fsp3) is 0.278. The van der Waals surface area contributed by atoms with Gasteiger partial charge in [0.25, 0.3) is 10.0 Å². The first-order valence-corrected chi connectivity index (χ1v) is 9.65. The molecular weight excluding hydrogens is 360 g/mol. The van der Waals surface area contributed by atoms with E-state index < -0.39 is 15.6 Å². The smallest absolute Gasteiger partial charge is 0.264 e. The molecule has 1 N–H and O–H groups in total. The number of para-hydroxylation sites is 1. The molecule has 2 aromatic rings. The Bertz CT molecular complexity index is 955. The lowest BCUT2D eigenvalue weighted by Crippen LogP contribution is -2.45. The van der Waals surface area contributed by atoms with E-state index in [9.17, 15) is 13.2 Å². The number of benzene rings is 2. The van der Waals surface area contributed by atoms with Crippen molar-refractivity contribution in [1.29, 1.82) is 0 Å². The molecule has 0 aliphatic carbocycles. The molecule has 25 heavy (non-hydrogen) atoms. The van der Waals surface area contributed by atoms with Crippen molar-refractivity contribution in [3.8, 4) is 0 Å². The predicted molar refractivity (Wildman–Crippen MR) is 99.6 cm³/mol. The fourth-order valence-electron chi connectivity index (χ4n) is 3.23. The molecule has 5 nitrogen and oxygen atoms in total. The monoisotopic (exact) mass is 378 g/mol. The molecule has 0 unspecified atom stereocenters. The third kappa shape index (κ3) is 3.12. The van der Waals surface area contributed by atoms with Gasteiger partial charge >= 0.3 is 0 Å². The number of amides is 1. The van der Waals surface area contributed by atoms with E-state index in [1.807, 2.05) is 38.1 Å². The van der Waals surface area contributed by atoms with Crippen LogP contribution in [-0.2, 0) is 21.2 Å². The minimum atomic E-state index is -3.79. The van der Waals surface area contributed by atoms with Crippen LogP contribution in [0.2, 0.25) is 5.02 Å². The second-order valence-corrected chi connectivity index (χ2v) is 8.90. The highest BCUT2D eigenvalue weighted by Crippen LogP contribution is 2.42. The van der Waals surface area contributed by atoms with Crippen LogP contribution in [0.1, 0.15) is 26.3 Å². The lowest BCUT2D eigenvalue weighted by Gasteiger charge is -2.33. The Morgan fingerprint density at radius 2 is 1.88 bits per heavy atom. The molecule has 132 valence electrons. The molecule has 3 rings (SSSR count). The lowest BCUT2D eigenvalue weighted by molar-refractivity contribution is -0.114. The topological polar surface area (TPSA) is 66.5 Å². The molecule has 0 saturated carbocycles. The average molecular weight is 379 g/mol. The van der Waals surface area contributed by atoms with Crippen molar-refractivity contribution in [2.24, 2.45) is 0 Å². The Balaban J connectivity index is 2.08. The molecule has 0 aromatic heterocycles. The van der Waals surface area contributed by atoms with Crippen LogP contribution < -0.4 is 9.62 Å². The van der Waals surface area contributed by atoms with Crippen LogP contribution in [0.5, 0.6) is 0 Å². The van der Waals surface area contributed by atoms with Crippen LogP contribution >= 0.6 is 11.6 Å². The molecule has 0 atom stereocenters. The Kier molecular flexibility index (Phi) is 4.29. The van der Waals surface area contributed by atoms with E-state index in [1.165, 1.54) is 29.4 Å². The van der Waals surface area contributed by atoms with Gasteiger partial charge in [-0.1, -0.05) is 29.8 Å². The number of hydrogen-bond donors (Lipinski definition) is 1. The summed E-state index contributed by atoms with van der Waals surface area (Å²) in [5, 5.41) is 2.76. The highest BCUT2D eigenvalue weighted by Gasteiger charge is 2.43. The maximum atomic E-state index is 13.3. The van der Waals surface area contributed by atoms with Gasteiger partial charge in [-0.2, -0.15) is 0 Å². The van der Waals surface area contributed by atoms with Crippen LogP contribution in [0.25, 0.3) is 0 Å². The van der Waals surface area contributed by atoms with Crippen LogP contribution in [0.4, 0.5) is 11.4 Å². The second-order valence-electron chi connectivity index (χ2n) is 6.71. The van der Waals surface area contributed by atoms with E-state index in [4.69, 9.17) is 11.6 Å². The maximum Gasteiger partial charge on any atom is 0.264 e. The first-order valence-electron chi connectivity index (χ1n) is 7.83. The maximum absolute atomic E-state index is 13.3. The summed E-state index contributed by atoms with van der Waals surface area (Å²) in [6.07, 6.45) is 0.639. The van der Waals surface area contributed by atoms with Crippen molar-refractivity contribution in [1.82, 2.24) is 0 Å². The third-order valence-electron chi connectivity index (χ3n) is 4.17. The Morgan fingerprint density at radius 1 is 1.20 bits per heavy atom. The number of halogens is 1. The van der Waals surface area contributed by atoms with E-state index in [1.54, 1.807) is 0 Å². The highest BCUT2D eigenvalue weighted by atomic mass is 35.5. The van der Waals surface area contributed by atoms with E-state index in [2.05, 4.69) is 5.32 Å². The van der Waals surface area contributed by atoms with Crippen molar-refractivity contribution >= 4 is 38.9 Å². The standard InChI is InChI=1S/C18H19ClN2O3S/c1-12(22)20-16-9-8-14(10-15(16)19)25(23,24)21-17-7-5-4-6-13(17)11-18(21,2)3/h4-10H,11H2,1-3H3,(H,20,22). The molecule has 2 aromatic carbocycles.